The first-order valence-corrected chi connectivity index (χ1v) is 12.7. The molecule has 3 aromatic carbocycles. The van der Waals surface area contributed by atoms with E-state index in [-0.39, 0.29) is 17.6 Å². The number of allylic oxidation sites excluding steroid dienone is 2. The first-order chi connectivity index (χ1) is 18.1. The van der Waals surface area contributed by atoms with Crippen molar-refractivity contribution in [2.24, 2.45) is 4.99 Å². The van der Waals surface area contributed by atoms with Gasteiger partial charge in [-0.3, -0.25) is 19.6 Å². The molecule has 0 radical (unpaired) electrons. The summed E-state index contributed by atoms with van der Waals surface area (Å²) in [5, 5.41) is 2.84. The molecular formula is C29H21FN4O2S. The topological polar surface area (TPSA) is 57.2 Å². The van der Waals surface area contributed by atoms with Crippen LogP contribution in [0.25, 0.3) is 0 Å². The Morgan fingerprint density at radius 3 is 2.62 bits per heavy atom. The van der Waals surface area contributed by atoms with Crippen molar-refractivity contribution >= 4 is 34.9 Å². The number of rotatable bonds is 3. The molecule has 2 atom stereocenters. The summed E-state index contributed by atoms with van der Waals surface area (Å²) in [5.41, 5.74) is 2.60. The number of nitrogens with zero attached hydrogens (tertiary/aromatic N) is 3. The zero-order valence-electron chi connectivity index (χ0n) is 19.8. The largest absolute Gasteiger partial charge is 0.497 e. The van der Waals surface area contributed by atoms with Gasteiger partial charge in [-0.25, -0.2) is 4.39 Å². The highest BCUT2D eigenvalue weighted by atomic mass is 32.2. The number of ether oxygens (including phenoxy) is 1. The summed E-state index contributed by atoms with van der Waals surface area (Å²) >= 11 is 1.42. The minimum absolute atomic E-state index is 0.219. The number of methoxy groups -OCH3 is 1. The number of fused-ring (bicyclic) bond motifs is 4. The maximum atomic E-state index is 15.0. The van der Waals surface area contributed by atoms with Gasteiger partial charge in [0.1, 0.15) is 29.3 Å². The molecule has 0 aromatic heterocycles. The molecule has 37 heavy (non-hydrogen) atoms. The molecule has 0 aliphatic carbocycles. The monoisotopic (exact) mass is 508 g/mol. The van der Waals surface area contributed by atoms with Gasteiger partial charge in [-0.2, -0.15) is 0 Å². The van der Waals surface area contributed by atoms with Crippen molar-refractivity contribution in [3.63, 3.8) is 0 Å². The molecular weight excluding hydrogens is 487 g/mol. The Bertz CT molecular complexity index is 1560. The Morgan fingerprint density at radius 2 is 1.84 bits per heavy atom. The van der Waals surface area contributed by atoms with Gasteiger partial charge in [0.15, 0.2) is 0 Å². The molecule has 1 amide bonds. The summed E-state index contributed by atoms with van der Waals surface area (Å²) in [6.45, 7) is 0. The predicted octanol–water partition coefficient (Wildman–Crippen LogP) is 5.90. The Kier molecular flexibility index (Phi) is 4.81. The van der Waals surface area contributed by atoms with Crippen molar-refractivity contribution in [2.45, 2.75) is 10.9 Å². The maximum Gasteiger partial charge on any atom is 0.266 e. The van der Waals surface area contributed by atoms with Gasteiger partial charge in [-0.05, 0) is 48.0 Å². The van der Waals surface area contributed by atoms with E-state index in [0.717, 1.165) is 33.6 Å². The van der Waals surface area contributed by atoms with E-state index in [4.69, 9.17) is 9.73 Å². The van der Waals surface area contributed by atoms with Crippen molar-refractivity contribution in [3.8, 4) is 5.75 Å². The average molecular weight is 509 g/mol. The van der Waals surface area contributed by atoms with E-state index >= 15 is 0 Å². The number of aliphatic imine (C=N–C) groups is 1. The van der Waals surface area contributed by atoms with E-state index in [1.54, 1.807) is 13.2 Å². The van der Waals surface area contributed by atoms with E-state index in [0.29, 0.717) is 5.56 Å². The molecule has 182 valence electrons. The zero-order valence-corrected chi connectivity index (χ0v) is 20.6. The number of amidine groups is 1. The van der Waals surface area contributed by atoms with Crippen LogP contribution in [0, 0.1) is 5.82 Å². The van der Waals surface area contributed by atoms with Crippen LogP contribution in [0.15, 0.2) is 113 Å². The Morgan fingerprint density at radius 1 is 1.03 bits per heavy atom. The van der Waals surface area contributed by atoms with Crippen molar-refractivity contribution in [1.29, 1.82) is 0 Å². The fraction of sp³-hybridized carbons (Fsp3) is 0.103. The number of amides is 1. The highest BCUT2D eigenvalue weighted by molar-refractivity contribution is 8.05. The number of benzene rings is 3. The van der Waals surface area contributed by atoms with Crippen LogP contribution in [0.4, 0.5) is 15.8 Å². The van der Waals surface area contributed by atoms with Gasteiger partial charge in [0.05, 0.1) is 17.7 Å². The summed E-state index contributed by atoms with van der Waals surface area (Å²) in [5.74, 6) is 1.60. The molecule has 3 aromatic rings. The average Bonchev–Trinajstić information content (AvgIpc) is 3.45. The normalized spacial score (nSPS) is 23.1. The molecule has 4 aliphatic heterocycles. The quantitative estimate of drug-likeness (QED) is 0.477. The number of carbonyl (C=O) groups is 1. The van der Waals surface area contributed by atoms with Gasteiger partial charge in [0, 0.05) is 17.5 Å². The van der Waals surface area contributed by atoms with Crippen LogP contribution in [0.3, 0.4) is 0 Å². The molecule has 4 heterocycles. The minimum atomic E-state index is -1.24. The third-order valence-electron chi connectivity index (χ3n) is 6.95. The molecule has 0 bridgehead atoms. The van der Waals surface area contributed by atoms with Gasteiger partial charge in [0.2, 0.25) is 4.87 Å². The van der Waals surface area contributed by atoms with Crippen LogP contribution in [0.5, 0.6) is 5.75 Å². The van der Waals surface area contributed by atoms with Crippen molar-refractivity contribution in [3.05, 3.63) is 125 Å². The van der Waals surface area contributed by atoms with Crippen LogP contribution >= 0.6 is 11.8 Å². The van der Waals surface area contributed by atoms with Crippen LogP contribution < -0.4 is 15.0 Å². The number of thioether (sulfide) groups is 1. The van der Waals surface area contributed by atoms with Crippen molar-refractivity contribution < 1.29 is 13.9 Å². The molecule has 7 rings (SSSR count). The second-order valence-electron chi connectivity index (χ2n) is 8.96. The summed E-state index contributed by atoms with van der Waals surface area (Å²) < 4.78 is 20.3. The van der Waals surface area contributed by atoms with E-state index in [9.17, 15) is 9.18 Å². The second-order valence-corrected chi connectivity index (χ2v) is 10.2. The van der Waals surface area contributed by atoms with Gasteiger partial charge >= 0.3 is 0 Å². The number of halogens is 1. The smallest absolute Gasteiger partial charge is 0.266 e. The molecule has 0 fully saturated rings. The summed E-state index contributed by atoms with van der Waals surface area (Å²) in [7, 11) is 1.64. The third-order valence-corrected chi connectivity index (χ3v) is 8.46. The molecule has 4 aliphatic rings. The lowest BCUT2D eigenvalue weighted by molar-refractivity contribution is -0.117. The van der Waals surface area contributed by atoms with E-state index < -0.39 is 10.7 Å². The number of nitrogens with one attached hydrogen (secondary N) is 1. The van der Waals surface area contributed by atoms with E-state index in [2.05, 4.69) is 5.32 Å². The summed E-state index contributed by atoms with van der Waals surface area (Å²) in [4.78, 5) is 22.8. The molecule has 8 heteroatoms. The number of para-hydroxylation sites is 2. The van der Waals surface area contributed by atoms with Crippen molar-refractivity contribution in [2.75, 3.05) is 17.3 Å². The molecule has 6 nitrogen and oxygen atoms in total. The van der Waals surface area contributed by atoms with Gasteiger partial charge < -0.3 is 10.1 Å². The molecule has 1 spiro atoms. The number of hydrogen-bond acceptors (Lipinski definition) is 6. The number of hydrogen-bond donors (Lipinski definition) is 1. The number of anilines is 2. The van der Waals surface area contributed by atoms with Crippen LogP contribution in [-0.2, 0) is 9.67 Å². The molecule has 1 N–H and O–H groups in total. The molecule has 0 saturated carbocycles. The lowest BCUT2D eigenvalue weighted by atomic mass is 10.0. The number of carbonyl (C=O) groups excluding carboxylic acids is 1. The second kappa shape index (κ2) is 8.11. The minimum Gasteiger partial charge on any atom is -0.497 e. The Labute approximate surface area is 217 Å². The molecule has 0 saturated heterocycles. The lowest BCUT2D eigenvalue weighted by Crippen LogP contribution is -2.49. The fourth-order valence-corrected chi connectivity index (χ4v) is 6.90. The van der Waals surface area contributed by atoms with E-state index in [1.807, 2.05) is 94.9 Å². The van der Waals surface area contributed by atoms with Gasteiger partial charge in [0.25, 0.3) is 5.91 Å². The fourth-order valence-electron chi connectivity index (χ4n) is 5.29. The zero-order chi connectivity index (χ0) is 25.1. The highest BCUT2D eigenvalue weighted by Gasteiger charge is 2.61. The van der Waals surface area contributed by atoms with E-state index in [1.165, 1.54) is 17.8 Å². The lowest BCUT2D eigenvalue weighted by Gasteiger charge is -2.40. The standard InChI is InChI=1S/C29H21FN4O2S/c1-36-20-15-13-18(14-16-20)24-26-27(33-17-6-5-12-23(33)31-24)34(19-8-3-2-4-9-19)29(37-26)21-10-7-11-22(30)25(21)32-28(29)35/h2-17,24H,1H3,(H,32,35). The summed E-state index contributed by atoms with van der Waals surface area (Å²) in [6, 6.07) is 22.1. The SMILES string of the molecule is COc1ccc(C2N=C3C=CC=CN3C3=C2SC2(C(=O)Nc4c(F)cccc42)N3c2ccccc2)cc1. The van der Waals surface area contributed by atoms with Gasteiger partial charge in [-0.15, -0.1) is 0 Å². The van der Waals surface area contributed by atoms with Gasteiger partial charge in [-0.1, -0.05) is 60.3 Å². The highest BCUT2D eigenvalue weighted by Crippen LogP contribution is 2.63. The van der Waals surface area contributed by atoms with Crippen LogP contribution in [0.1, 0.15) is 17.2 Å². The first kappa shape index (κ1) is 21.9. The molecule has 2 unspecified atom stereocenters. The Balaban J connectivity index is 1.49. The maximum absolute atomic E-state index is 15.0. The van der Waals surface area contributed by atoms with Crippen LogP contribution in [0.2, 0.25) is 0 Å². The third kappa shape index (κ3) is 3.05. The van der Waals surface area contributed by atoms with Crippen LogP contribution in [-0.4, -0.2) is 23.8 Å². The summed E-state index contributed by atoms with van der Waals surface area (Å²) in [6.07, 6.45) is 7.80. The van der Waals surface area contributed by atoms with Crippen molar-refractivity contribution in [1.82, 2.24) is 4.90 Å². The predicted molar refractivity (Wildman–Crippen MR) is 144 cm³/mol. The Hall–Kier alpha value is -4.30. The first-order valence-electron chi connectivity index (χ1n) is 11.9.